The van der Waals surface area contributed by atoms with Gasteiger partial charge in [-0.3, -0.25) is 0 Å². The largest absolute Gasteiger partial charge is 0.476 e. The fraction of sp³-hybridized carbons (Fsp3) is 0.0345. The van der Waals surface area contributed by atoms with E-state index in [0.717, 1.165) is 50.1 Å². The van der Waals surface area contributed by atoms with Crippen molar-refractivity contribution < 1.29 is 24.5 Å². The fourth-order valence-corrected chi connectivity index (χ4v) is 3.58. The second-order valence-electron chi connectivity index (χ2n) is 7.38. The van der Waals surface area contributed by atoms with E-state index in [0.29, 0.717) is 0 Å². The number of nitrogens with zero attached hydrogens (tertiary/aromatic N) is 2. The van der Waals surface area contributed by atoms with Gasteiger partial charge in [0.1, 0.15) is 5.58 Å². The van der Waals surface area contributed by atoms with Crippen LogP contribution < -0.4 is 0 Å². The SMILES string of the molecule is Cc1cccc(-c2[c-]cccc2)n1.[Ir].[c-]1cc2c(cc1-c1ccccn1)oc1ccccc12. The standard InChI is InChI=1S/C17H10NO.C12H10N.Ir/c1-2-7-16-13(5-1)14-9-8-12(11-17(14)19-16)15-6-3-4-10-18-15;1-10-6-5-9-12(13-10)11-7-3-2-4-8-11;/h1-7,9-11H;2-7,9H,1H3;/q2*-1;. The van der Waals surface area contributed by atoms with E-state index in [1.165, 1.54) is 0 Å². The zero-order valence-electron chi connectivity index (χ0n) is 18.0. The Morgan fingerprint density at radius 3 is 2.30 bits per heavy atom. The van der Waals surface area contributed by atoms with Gasteiger partial charge in [-0.2, -0.15) is 0 Å². The third kappa shape index (κ3) is 5.09. The molecular weight excluding hydrogens is 585 g/mol. The molecule has 0 unspecified atom stereocenters. The Hall–Kier alpha value is -3.59. The summed E-state index contributed by atoms with van der Waals surface area (Å²) in [7, 11) is 0. The number of fused-ring (bicyclic) bond motifs is 3. The summed E-state index contributed by atoms with van der Waals surface area (Å²) >= 11 is 0. The molecule has 3 aromatic carbocycles. The Labute approximate surface area is 206 Å². The molecule has 0 bridgehead atoms. The molecule has 1 radical (unpaired) electrons. The summed E-state index contributed by atoms with van der Waals surface area (Å²) in [5.74, 6) is 0. The van der Waals surface area contributed by atoms with Gasteiger partial charge in [0.15, 0.2) is 0 Å². The minimum Gasteiger partial charge on any atom is -0.476 e. The molecule has 0 aliphatic heterocycles. The summed E-state index contributed by atoms with van der Waals surface area (Å²) < 4.78 is 5.87. The van der Waals surface area contributed by atoms with Crippen molar-refractivity contribution in [1.29, 1.82) is 0 Å². The maximum Gasteiger partial charge on any atom is 0.123 e. The number of furan rings is 1. The second kappa shape index (κ2) is 10.4. The van der Waals surface area contributed by atoms with E-state index >= 15 is 0 Å². The third-order valence-corrected chi connectivity index (χ3v) is 5.12. The molecule has 0 aliphatic rings. The number of rotatable bonds is 2. The Morgan fingerprint density at radius 1 is 0.697 bits per heavy atom. The molecule has 0 spiro atoms. The number of hydrogen-bond acceptors (Lipinski definition) is 3. The summed E-state index contributed by atoms with van der Waals surface area (Å²) in [5, 5.41) is 2.22. The third-order valence-electron chi connectivity index (χ3n) is 5.12. The fourth-order valence-electron chi connectivity index (χ4n) is 3.58. The van der Waals surface area contributed by atoms with Crippen LogP contribution in [0.15, 0.2) is 108 Å². The first kappa shape index (κ1) is 22.6. The average Bonchev–Trinajstić information content (AvgIpc) is 3.23. The Morgan fingerprint density at radius 2 is 1.52 bits per heavy atom. The van der Waals surface area contributed by atoms with Crippen molar-refractivity contribution in [2.75, 3.05) is 0 Å². The first-order valence-corrected chi connectivity index (χ1v) is 10.4. The zero-order valence-corrected chi connectivity index (χ0v) is 20.3. The average molecular weight is 605 g/mol. The molecule has 6 rings (SSSR count). The molecule has 0 saturated heterocycles. The van der Waals surface area contributed by atoms with Crippen LogP contribution in [0.25, 0.3) is 44.5 Å². The second-order valence-corrected chi connectivity index (χ2v) is 7.38. The van der Waals surface area contributed by atoms with E-state index in [4.69, 9.17) is 4.42 Å². The van der Waals surface area contributed by atoms with Crippen molar-refractivity contribution in [2.45, 2.75) is 6.92 Å². The Kier molecular flexibility index (Phi) is 7.09. The van der Waals surface area contributed by atoms with Crippen LogP contribution in [0.3, 0.4) is 0 Å². The number of hydrogen-bond donors (Lipinski definition) is 0. The van der Waals surface area contributed by atoms with Crippen molar-refractivity contribution in [3.8, 4) is 22.5 Å². The van der Waals surface area contributed by atoms with Gasteiger partial charge >= 0.3 is 0 Å². The summed E-state index contributed by atoms with van der Waals surface area (Å²) in [6.45, 7) is 1.99. The monoisotopic (exact) mass is 605 g/mol. The molecule has 4 heteroatoms. The van der Waals surface area contributed by atoms with Crippen LogP contribution in [0, 0.1) is 19.1 Å². The van der Waals surface area contributed by atoms with Gasteiger partial charge in [-0.15, -0.1) is 53.6 Å². The van der Waals surface area contributed by atoms with E-state index < -0.39 is 0 Å². The van der Waals surface area contributed by atoms with E-state index in [9.17, 15) is 0 Å². The Bertz CT molecular complexity index is 1480. The van der Waals surface area contributed by atoms with E-state index in [1.807, 2.05) is 97.9 Å². The molecule has 33 heavy (non-hydrogen) atoms. The molecular formula is C29H20IrN2O-2. The van der Waals surface area contributed by atoms with E-state index in [1.54, 1.807) is 6.20 Å². The number of benzene rings is 3. The molecule has 0 saturated carbocycles. The van der Waals surface area contributed by atoms with Crippen LogP contribution in [0.4, 0.5) is 0 Å². The molecule has 0 N–H and O–H groups in total. The van der Waals surface area contributed by atoms with Gasteiger partial charge in [-0.05, 0) is 41.9 Å². The van der Waals surface area contributed by atoms with Gasteiger partial charge in [0.25, 0.3) is 0 Å². The number of para-hydroxylation sites is 1. The summed E-state index contributed by atoms with van der Waals surface area (Å²) in [6.07, 6.45) is 1.78. The normalized spacial score (nSPS) is 10.3. The summed E-state index contributed by atoms with van der Waals surface area (Å²) in [4.78, 5) is 8.75. The van der Waals surface area contributed by atoms with Gasteiger partial charge in [-0.25, -0.2) is 0 Å². The zero-order chi connectivity index (χ0) is 21.8. The molecule has 0 atom stereocenters. The molecule has 6 aromatic rings. The molecule has 3 nitrogen and oxygen atoms in total. The molecule has 3 aromatic heterocycles. The predicted octanol–water partition coefficient (Wildman–Crippen LogP) is 7.30. The van der Waals surface area contributed by atoms with Crippen LogP contribution in [0.1, 0.15) is 5.69 Å². The first-order chi connectivity index (χ1) is 15.8. The molecule has 163 valence electrons. The van der Waals surface area contributed by atoms with Crippen molar-refractivity contribution >= 4 is 21.9 Å². The number of aryl methyl sites for hydroxylation is 1. The Balaban J connectivity index is 0.000000164. The topological polar surface area (TPSA) is 38.9 Å². The van der Waals surface area contributed by atoms with Crippen LogP contribution >= 0.6 is 0 Å². The molecule has 3 heterocycles. The van der Waals surface area contributed by atoms with Crippen molar-refractivity contribution in [3.63, 3.8) is 0 Å². The maximum absolute atomic E-state index is 5.87. The van der Waals surface area contributed by atoms with E-state index in [2.05, 4.69) is 28.2 Å². The van der Waals surface area contributed by atoms with Gasteiger partial charge in [0.05, 0.1) is 5.58 Å². The molecule has 0 aliphatic carbocycles. The minimum atomic E-state index is 0. The van der Waals surface area contributed by atoms with Crippen LogP contribution in [-0.2, 0) is 20.1 Å². The first-order valence-electron chi connectivity index (χ1n) is 10.4. The van der Waals surface area contributed by atoms with Crippen LogP contribution in [0.2, 0.25) is 0 Å². The van der Waals surface area contributed by atoms with Crippen LogP contribution in [0.5, 0.6) is 0 Å². The van der Waals surface area contributed by atoms with Gasteiger partial charge in [0, 0.05) is 32.0 Å². The van der Waals surface area contributed by atoms with Crippen molar-refractivity contribution in [2.24, 2.45) is 0 Å². The van der Waals surface area contributed by atoms with Gasteiger partial charge in [-0.1, -0.05) is 53.9 Å². The van der Waals surface area contributed by atoms with Crippen LogP contribution in [-0.4, -0.2) is 9.97 Å². The van der Waals surface area contributed by atoms with E-state index in [-0.39, 0.29) is 20.1 Å². The molecule has 0 fully saturated rings. The maximum atomic E-state index is 5.87. The quantitative estimate of drug-likeness (QED) is 0.195. The number of aromatic nitrogens is 2. The van der Waals surface area contributed by atoms with Crippen molar-refractivity contribution in [1.82, 2.24) is 9.97 Å². The van der Waals surface area contributed by atoms with Gasteiger partial charge in [0.2, 0.25) is 0 Å². The molecule has 0 amide bonds. The van der Waals surface area contributed by atoms with Gasteiger partial charge < -0.3 is 14.4 Å². The smallest absolute Gasteiger partial charge is 0.123 e. The predicted molar refractivity (Wildman–Crippen MR) is 129 cm³/mol. The minimum absolute atomic E-state index is 0. The summed E-state index contributed by atoms with van der Waals surface area (Å²) in [6, 6.07) is 38.2. The number of pyridine rings is 2. The van der Waals surface area contributed by atoms with Crippen molar-refractivity contribution in [3.05, 3.63) is 121 Å². The summed E-state index contributed by atoms with van der Waals surface area (Å²) in [5.41, 5.74) is 6.71.